The molecule has 2 heterocycles. The zero-order valence-electron chi connectivity index (χ0n) is 13.6. The molecular weight excluding hydrogens is 324 g/mol. The van der Waals surface area contributed by atoms with E-state index in [9.17, 15) is 4.79 Å². The van der Waals surface area contributed by atoms with Gasteiger partial charge in [0, 0.05) is 18.1 Å². The molecule has 0 radical (unpaired) electrons. The van der Waals surface area contributed by atoms with Crippen LogP contribution in [0.4, 0.5) is 0 Å². The lowest BCUT2D eigenvalue weighted by Crippen LogP contribution is -2.44. The van der Waals surface area contributed by atoms with Gasteiger partial charge in [-0.3, -0.25) is 4.79 Å². The fourth-order valence-electron chi connectivity index (χ4n) is 4.21. The molecule has 24 heavy (non-hydrogen) atoms. The maximum atomic E-state index is 13.4. The largest absolute Gasteiger partial charge is 0.340 e. The van der Waals surface area contributed by atoms with E-state index in [-0.39, 0.29) is 17.4 Å². The topological polar surface area (TPSA) is 51.0 Å². The summed E-state index contributed by atoms with van der Waals surface area (Å²) >= 11 is 6.03. The Bertz CT molecular complexity index is 707. The van der Waals surface area contributed by atoms with Crippen LogP contribution in [0.1, 0.15) is 43.7 Å². The first-order valence-electron chi connectivity index (χ1n) is 8.60. The average molecular weight is 345 g/mol. The average Bonchev–Trinajstić information content (AvgIpc) is 3.34. The molecule has 4 rings (SSSR count). The normalized spacial score (nSPS) is 22.9. The van der Waals surface area contributed by atoms with Crippen LogP contribution in [0.3, 0.4) is 0 Å². The van der Waals surface area contributed by atoms with Crippen LogP contribution in [-0.2, 0) is 10.2 Å². The molecule has 1 unspecified atom stereocenters. The van der Waals surface area contributed by atoms with Crippen molar-refractivity contribution in [2.75, 3.05) is 13.1 Å². The van der Waals surface area contributed by atoms with Crippen LogP contribution in [0, 0.1) is 0 Å². The summed E-state index contributed by atoms with van der Waals surface area (Å²) in [6.45, 7) is 1.48. The molecule has 6 heteroatoms. The number of hydrogen-bond donors (Lipinski definition) is 0. The number of rotatable bonds is 3. The van der Waals surface area contributed by atoms with Gasteiger partial charge in [0.15, 0.2) is 0 Å². The Morgan fingerprint density at radius 2 is 1.79 bits per heavy atom. The summed E-state index contributed by atoms with van der Waals surface area (Å²) in [5.41, 5.74) is 0.729. The van der Waals surface area contributed by atoms with E-state index in [0.717, 1.165) is 44.2 Å². The lowest BCUT2D eigenvalue weighted by Gasteiger charge is -2.33. The van der Waals surface area contributed by atoms with E-state index >= 15 is 0 Å². The molecule has 1 aliphatic carbocycles. The SMILES string of the molecule is O=C(N1CCC(n2nccn2)C1)C1(c2ccc(Cl)cc2)CCCC1. The van der Waals surface area contributed by atoms with Crippen molar-refractivity contribution in [2.24, 2.45) is 0 Å². The monoisotopic (exact) mass is 344 g/mol. The quantitative estimate of drug-likeness (QED) is 0.859. The van der Waals surface area contributed by atoms with Gasteiger partial charge in [-0.25, -0.2) is 0 Å². The van der Waals surface area contributed by atoms with Crippen LogP contribution in [0.5, 0.6) is 0 Å². The number of halogens is 1. The molecule has 0 spiro atoms. The van der Waals surface area contributed by atoms with E-state index in [0.29, 0.717) is 11.6 Å². The minimum absolute atomic E-state index is 0.188. The summed E-state index contributed by atoms with van der Waals surface area (Å²) in [7, 11) is 0. The molecule has 0 N–H and O–H groups in total. The molecule has 1 aromatic carbocycles. The molecule has 2 aromatic rings. The van der Waals surface area contributed by atoms with E-state index in [1.807, 2.05) is 29.2 Å². The Balaban J connectivity index is 1.58. The number of aromatic nitrogens is 3. The Kier molecular flexibility index (Phi) is 4.04. The smallest absolute Gasteiger partial charge is 0.233 e. The van der Waals surface area contributed by atoms with Crippen LogP contribution >= 0.6 is 11.6 Å². The number of likely N-dealkylation sites (tertiary alicyclic amines) is 1. The molecule has 2 fully saturated rings. The molecule has 1 saturated heterocycles. The van der Waals surface area contributed by atoms with Crippen molar-refractivity contribution in [3.8, 4) is 0 Å². The van der Waals surface area contributed by atoms with Crippen molar-refractivity contribution < 1.29 is 4.79 Å². The molecule has 1 amide bonds. The molecule has 1 aromatic heterocycles. The van der Waals surface area contributed by atoms with E-state index in [1.54, 1.807) is 17.2 Å². The van der Waals surface area contributed by atoms with Gasteiger partial charge < -0.3 is 4.90 Å². The van der Waals surface area contributed by atoms with Gasteiger partial charge in [0.25, 0.3) is 0 Å². The highest BCUT2D eigenvalue weighted by Gasteiger charge is 2.46. The molecule has 2 aliphatic rings. The number of carbonyl (C=O) groups excluding carboxylic acids is 1. The molecule has 1 saturated carbocycles. The second-order valence-electron chi connectivity index (χ2n) is 6.84. The summed E-state index contributed by atoms with van der Waals surface area (Å²) in [6.07, 6.45) is 8.35. The number of carbonyl (C=O) groups is 1. The Morgan fingerprint density at radius 1 is 1.12 bits per heavy atom. The van der Waals surface area contributed by atoms with Crippen LogP contribution in [0.15, 0.2) is 36.7 Å². The van der Waals surface area contributed by atoms with E-state index in [2.05, 4.69) is 10.2 Å². The number of amides is 1. The highest BCUT2D eigenvalue weighted by Crippen LogP contribution is 2.43. The lowest BCUT2D eigenvalue weighted by atomic mass is 9.77. The van der Waals surface area contributed by atoms with Crippen molar-refractivity contribution in [3.63, 3.8) is 0 Å². The van der Waals surface area contributed by atoms with E-state index in [1.165, 1.54) is 0 Å². The second kappa shape index (κ2) is 6.20. The molecular formula is C18H21ClN4O. The maximum Gasteiger partial charge on any atom is 0.233 e. The summed E-state index contributed by atoms with van der Waals surface area (Å²) in [6, 6.07) is 8.02. The van der Waals surface area contributed by atoms with Gasteiger partial charge in [-0.2, -0.15) is 15.0 Å². The van der Waals surface area contributed by atoms with E-state index in [4.69, 9.17) is 11.6 Å². The van der Waals surface area contributed by atoms with Gasteiger partial charge in [-0.15, -0.1) is 0 Å². The summed E-state index contributed by atoms with van der Waals surface area (Å²) in [5, 5.41) is 9.17. The van der Waals surface area contributed by atoms with Gasteiger partial charge in [0.2, 0.25) is 5.91 Å². The summed E-state index contributed by atoms with van der Waals surface area (Å²) in [4.78, 5) is 17.2. The van der Waals surface area contributed by atoms with Crippen molar-refractivity contribution in [1.82, 2.24) is 19.9 Å². The zero-order chi connectivity index (χ0) is 16.6. The number of hydrogen-bond acceptors (Lipinski definition) is 3. The third-order valence-corrected chi connectivity index (χ3v) is 5.73. The first kappa shape index (κ1) is 15.6. The van der Waals surface area contributed by atoms with E-state index < -0.39 is 0 Å². The Labute approximate surface area is 146 Å². The highest BCUT2D eigenvalue weighted by atomic mass is 35.5. The highest BCUT2D eigenvalue weighted by molar-refractivity contribution is 6.30. The third kappa shape index (κ3) is 2.61. The molecule has 1 aliphatic heterocycles. The lowest BCUT2D eigenvalue weighted by molar-refractivity contribution is -0.136. The molecule has 1 atom stereocenters. The Morgan fingerprint density at radius 3 is 2.46 bits per heavy atom. The zero-order valence-corrected chi connectivity index (χ0v) is 14.3. The van der Waals surface area contributed by atoms with Crippen LogP contribution < -0.4 is 0 Å². The van der Waals surface area contributed by atoms with Gasteiger partial charge in [0.1, 0.15) is 0 Å². The first-order valence-corrected chi connectivity index (χ1v) is 8.98. The first-order chi connectivity index (χ1) is 11.7. The second-order valence-corrected chi connectivity index (χ2v) is 7.28. The molecule has 0 bridgehead atoms. The number of benzene rings is 1. The minimum Gasteiger partial charge on any atom is -0.340 e. The van der Waals surface area contributed by atoms with Crippen molar-refractivity contribution in [2.45, 2.75) is 43.6 Å². The summed E-state index contributed by atoms with van der Waals surface area (Å²) in [5.74, 6) is 0.261. The van der Waals surface area contributed by atoms with Gasteiger partial charge >= 0.3 is 0 Å². The van der Waals surface area contributed by atoms with Crippen molar-refractivity contribution >= 4 is 17.5 Å². The molecule has 126 valence electrons. The van der Waals surface area contributed by atoms with Crippen LogP contribution in [-0.4, -0.2) is 38.9 Å². The summed E-state index contributed by atoms with van der Waals surface area (Å²) < 4.78 is 0. The fourth-order valence-corrected chi connectivity index (χ4v) is 4.33. The number of nitrogens with zero attached hydrogens (tertiary/aromatic N) is 4. The van der Waals surface area contributed by atoms with Crippen molar-refractivity contribution in [1.29, 1.82) is 0 Å². The standard InChI is InChI=1S/C18H21ClN4O/c19-15-5-3-14(4-6-15)18(8-1-2-9-18)17(24)22-12-7-16(13-22)23-20-10-11-21-23/h3-6,10-11,16H,1-2,7-9,12-13H2. The molecule has 5 nitrogen and oxygen atoms in total. The fraction of sp³-hybridized carbons (Fsp3) is 0.500. The predicted molar refractivity (Wildman–Crippen MR) is 91.9 cm³/mol. The maximum absolute atomic E-state index is 13.4. The Hall–Kier alpha value is -1.88. The minimum atomic E-state index is -0.378. The van der Waals surface area contributed by atoms with Gasteiger partial charge in [0.05, 0.1) is 23.9 Å². The van der Waals surface area contributed by atoms with Crippen LogP contribution in [0.2, 0.25) is 5.02 Å². The predicted octanol–water partition coefficient (Wildman–Crippen LogP) is 3.22. The van der Waals surface area contributed by atoms with Gasteiger partial charge in [-0.05, 0) is 37.0 Å². The van der Waals surface area contributed by atoms with Crippen LogP contribution in [0.25, 0.3) is 0 Å². The third-order valence-electron chi connectivity index (χ3n) is 5.48. The van der Waals surface area contributed by atoms with Gasteiger partial charge in [-0.1, -0.05) is 36.6 Å². The van der Waals surface area contributed by atoms with Crippen molar-refractivity contribution in [3.05, 3.63) is 47.2 Å².